The molecule has 6 nitrogen and oxygen atoms in total. The second-order valence-corrected chi connectivity index (χ2v) is 8.45. The van der Waals surface area contributed by atoms with Gasteiger partial charge in [0.1, 0.15) is 11.4 Å². The topological polar surface area (TPSA) is 61.7 Å². The van der Waals surface area contributed by atoms with Crippen LogP contribution in [0.2, 0.25) is 0 Å². The first-order valence-electron chi connectivity index (χ1n) is 10.5. The Labute approximate surface area is 186 Å². The number of pyridine rings is 1. The third-order valence-corrected chi connectivity index (χ3v) is 6.11. The molecule has 4 aromatic rings. The zero-order valence-electron chi connectivity index (χ0n) is 18.0. The van der Waals surface area contributed by atoms with E-state index in [0.29, 0.717) is 38.3 Å². The Balaban J connectivity index is 1.65. The Morgan fingerprint density at radius 1 is 1.18 bits per heavy atom. The van der Waals surface area contributed by atoms with Crippen LogP contribution in [0.15, 0.2) is 47.3 Å². The van der Waals surface area contributed by atoms with Gasteiger partial charge in [-0.15, -0.1) is 0 Å². The van der Waals surface area contributed by atoms with Gasteiger partial charge in [0, 0.05) is 53.7 Å². The minimum atomic E-state index is -2.77. The number of aryl methyl sites for hydroxylation is 2. The molecule has 0 saturated heterocycles. The van der Waals surface area contributed by atoms with Crippen LogP contribution in [-0.4, -0.2) is 30.2 Å². The maximum Gasteiger partial charge on any atom is 0.333 e. The summed E-state index contributed by atoms with van der Waals surface area (Å²) in [5, 5.41) is 7.70. The van der Waals surface area contributed by atoms with Crippen molar-refractivity contribution >= 4 is 11.0 Å². The SMILES string of the molecule is Cc1noc(C)c1-c1cnc2c(-c3cnn(C(F)F)c3)cn(CC3(F)CC=C(F)CC3)c2c1. The number of fused-ring (bicyclic) bond motifs is 1. The highest BCUT2D eigenvalue weighted by atomic mass is 19.3. The van der Waals surface area contributed by atoms with Gasteiger partial charge in [0.2, 0.25) is 0 Å². The van der Waals surface area contributed by atoms with Gasteiger partial charge in [-0.25, -0.2) is 13.5 Å². The fraction of sp³-hybridized carbons (Fsp3) is 0.348. The molecule has 4 heterocycles. The van der Waals surface area contributed by atoms with Gasteiger partial charge in [0.15, 0.2) is 0 Å². The van der Waals surface area contributed by atoms with Crippen LogP contribution in [0, 0.1) is 13.8 Å². The van der Waals surface area contributed by atoms with E-state index < -0.39 is 12.2 Å². The van der Waals surface area contributed by atoms with Gasteiger partial charge in [0.05, 0.1) is 35.3 Å². The first kappa shape index (κ1) is 21.4. The summed E-state index contributed by atoms with van der Waals surface area (Å²) in [6, 6.07) is 1.86. The van der Waals surface area contributed by atoms with Gasteiger partial charge in [-0.1, -0.05) is 5.16 Å². The molecule has 4 aromatic heterocycles. The number of allylic oxidation sites excluding steroid dienone is 2. The second kappa shape index (κ2) is 7.86. The van der Waals surface area contributed by atoms with E-state index >= 15 is 4.39 Å². The molecule has 10 heteroatoms. The Kier molecular flexibility index (Phi) is 5.10. The van der Waals surface area contributed by atoms with Gasteiger partial charge < -0.3 is 9.09 Å². The summed E-state index contributed by atoms with van der Waals surface area (Å²) in [5.74, 6) is 0.322. The molecule has 0 spiro atoms. The van der Waals surface area contributed by atoms with Crippen molar-refractivity contribution in [2.75, 3.05) is 0 Å². The molecule has 0 aliphatic heterocycles. The molecule has 1 unspecified atom stereocenters. The monoisotopic (exact) mass is 459 g/mol. The lowest BCUT2D eigenvalue weighted by atomic mass is 9.90. The molecule has 5 rings (SSSR count). The van der Waals surface area contributed by atoms with E-state index in [-0.39, 0.29) is 31.6 Å². The molecule has 1 atom stereocenters. The van der Waals surface area contributed by atoms with Crippen LogP contribution in [-0.2, 0) is 6.54 Å². The lowest BCUT2D eigenvalue weighted by Gasteiger charge is -2.27. The first-order valence-corrected chi connectivity index (χ1v) is 10.5. The van der Waals surface area contributed by atoms with E-state index in [4.69, 9.17) is 4.52 Å². The fourth-order valence-corrected chi connectivity index (χ4v) is 4.41. The van der Waals surface area contributed by atoms with Crippen molar-refractivity contribution < 1.29 is 22.1 Å². The summed E-state index contributed by atoms with van der Waals surface area (Å²) in [4.78, 5) is 4.59. The number of rotatable bonds is 5. The molecule has 0 aromatic carbocycles. The van der Waals surface area contributed by atoms with Gasteiger partial charge in [0.25, 0.3) is 0 Å². The number of hydrogen-bond donors (Lipinski definition) is 0. The molecule has 0 fully saturated rings. The van der Waals surface area contributed by atoms with E-state index in [9.17, 15) is 13.2 Å². The zero-order valence-corrected chi connectivity index (χ0v) is 18.0. The summed E-state index contributed by atoms with van der Waals surface area (Å²) >= 11 is 0. The quantitative estimate of drug-likeness (QED) is 0.328. The summed E-state index contributed by atoms with van der Waals surface area (Å²) in [7, 11) is 0. The Morgan fingerprint density at radius 2 is 2.00 bits per heavy atom. The highest BCUT2D eigenvalue weighted by Crippen LogP contribution is 2.38. The molecule has 0 radical (unpaired) electrons. The highest BCUT2D eigenvalue weighted by molar-refractivity contribution is 5.94. The number of alkyl halides is 3. The van der Waals surface area contributed by atoms with Crippen LogP contribution >= 0.6 is 0 Å². The van der Waals surface area contributed by atoms with Gasteiger partial charge in [-0.3, -0.25) is 4.98 Å². The van der Waals surface area contributed by atoms with E-state index in [1.165, 1.54) is 18.5 Å². The summed E-state index contributed by atoms with van der Waals surface area (Å²) in [6.45, 7) is 0.813. The molecule has 0 N–H and O–H groups in total. The lowest BCUT2D eigenvalue weighted by Crippen LogP contribution is -2.30. The van der Waals surface area contributed by atoms with Crippen molar-refractivity contribution in [1.29, 1.82) is 0 Å². The normalized spacial score (nSPS) is 18.9. The van der Waals surface area contributed by atoms with Gasteiger partial charge in [-0.2, -0.15) is 13.9 Å². The highest BCUT2D eigenvalue weighted by Gasteiger charge is 2.33. The van der Waals surface area contributed by atoms with Crippen LogP contribution < -0.4 is 0 Å². The summed E-state index contributed by atoms with van der Waals surface area (Å²) < 4.78 is 62.8. The summed E-state index contributed by atoms with van der Waals surface area (Å²) in [5.41, 5.74) is 2.75. The molecular weight excluding hydrogens is 438 g/mol. The van der Waals surface area contributed by atoms with Gasteiger partial charge in [-0.05, 0) is 32.4 Å². The maximum atomic E-state index is 15.6. The van der Waals surface area contributed by atoms with E-state index in [0.717, 1.165) is 11.1 Å². The standard InChI is InChI=1S/C23H21F4N5O/c1-13-20(14(2)33-30-13)15-7-19-21(28-8-15)18(16-9-29-32(10-16)22(25)26)11-31(19)12-23(27)5-3-17(24)4-6-23/h3,7-11,22H,4-6,12H2,1-2H3. The number of aromatic nitrogens is 5. The smallest absolute Gasteiger partial charge is 0.333 e. The van der Waals surface area contributed by atoms with Crippen molar-refractivity contribution in [2.24, 2.45) is 0 Å². The van der Waals surface area contributed by atoms with Crippen molar-refractivity contribution in [3.05, 3.63) is 54.2 Å². The van der Waals surface area contributed by atoms with E-state index in [2.05, 4.69) is 15.2 Å². The maximum absolute atomic E-state index is 15.6. The Bertz CT molecular complexity index is 1350. The molecule has 172 valence electrons. The van der Waals surface area contributed by atoms with Crippen LogP contribution in [0.1, 0.15) is 37.3 Å². The predicted molar refractivity (Wildman–Crippen MR) is 114 cm³/mol. The zero-order chi connectivity index (χ0) is 23.3. The predicted octanol–water partition coefficient (Wildman–Crippen LogP) is 6.31. The van der Waals surface area contributed by atoms with E-state index in [1.807, 2.05) is 13.0 Å². The molecular formula is C23H21F4N5O. The molecule has 0 bridgehead atoms. The number of hydrogen-bond acceptors (Lipinski definition) is 4. The third-order valence-electron chi connectivity index (χ3n) is 6.11. The Morgan fingerprint density at radius 3 is 2.64 bits per heavy atom. The summed E-state index contributed by atoms with van der Waals surface area (Å²) in [6.07, 6.45) is 7.28. The number of nitrogens with zero attached hydrogens (tertiary/aromatic N) is 5. The minimum absolute atomic E-state index is 0.0248. The number of halogens is 4. The van der Waals surface area contributed by atoms with Crippen LogP contribution in [0.3, 0.4) is 0 Å². The molecule has 1 aliphatic carbocycles. The lowest BCUT2D eigenvalue weighted by molar-refractivity contribution is 0.0566. The van der Waals surface area contributed by atoms with Gasteiger partial charge >= 0.3 is 6.55 Å². The second-order valence-electron chi connectivity index (χ2n) is 8.45. The first-order chi connectivity index (χ1) is 15.7. The average Bonchev–Trinajstić information content (AvgIpc) is 3.48. The molecule has 1 aliphatic rings. The third kappa shape index (κ3) is 3.83. The molecule has 0 saturated carbocycles. The molecule has 0 amide bonds. The van der Waals surface area contributed by atoms with E-state index in [1.54, 1.807) is 23.9 Å². The van der Waals surface area contributed by atoms with Crippen molar-refractivity contribution in [3.8, 4) is 22.3 Å². The van der Waals surface area contributed by atoms with Crippen LogP contribution in [0.4, 0.5) is 17.6 Å². The van der Waals surface area contributed by atoms with Crippen molar-refractivity contribution in [2.45, 2.75) is 51.9 Å². The fourth-order valence-electron chi connectivity index (χ4n) is 4.41. The van der Waals surface area contributed by atoms with Crippen molar-refractivity contribution in [1.82, 2.24) is 24.5 Å². The minimum Gasteiger partial charge on any atom is -0.361 e. The van der Waals surface area contributed by atoms with Crippen LogP contribution in [0.25, 0.3) is 33.3 Å². The average molecular weight is 459 g/mol. The van der Waals surface area contributed by atoms with Crippen LogP contribution in [0.5, 0.6) is 0 Å². The molecule has 33 heavy (non-hydrogen) atoms. The largest absolute Gasteiger partial charge is 0.361 e. The Hall–Kier alpha value is -3.43. The van der Waals surface area contributed by atoms with Crippen molar-refractivity contribution in [3.63, 3.8) is 0 Å².